The zero-order valence-electron chi connectivity index (χ0n) is 18.0. The van der Waals surface area contributed by atoms with E-state index in [1.54, 1.807) is 4.90 Å². The standard InChI is InChI=1S/C21H25F3N4O4/c1-20(2,3)31-19(30)28-10-8-13(9-11-28)12-25-17(29)15-6-4-14(5-7-15)16-26-18(32-27-16)21(22,23)24/h4-7,13H,8-12H2,1-3H3,(H,25,29). The number of benzene rings is 1. The van der Waals surface area contributed by atoms with Gasteiger partial charge in [0.2, 0.25) is 5.82 Å². The van der Waals surface area contributed by atoms with Gasteiger partial charge < -0.3 is 19.5 Å². The van der Waals surface area contributed by atoms with Gasteiger partial charge in [-0.2, -0.15) is 18.2 Å². The van der Waals surface area contributed by atoms with Crippen molar-refractivity contribution in [3.8, 4) is 11.4 Å². The number of hydrogen-bond donors (Lipinski definition) is 1. The molecule has 0 aliphatic carbocycles. The van der Waals surface area contributed by atoms with E-state index in [4.69, 9.17) is 4.74 Å². The van der Waals surface area contributed by atoms with Crippen LogP contribution in [0.25, 0.3) is 11.4 Å². The molecule has 3 rings (SSSR count). The molecule has 0 radical (unpaired) electrons. The first kappa shape index (κ1) is 23.6. The summed E-state index contributed by atoms with van der Waals surface area (Å²) in [6, 6.07) is 5.89. The summed E-state index contributed by atoms with van der Waals surface area (Å²) >= 11 is 0. The number of ether oxygens (including phenoxy) is 1. The van der Waals surface area contributed by atoms with Gasteiger partial charge in [0.25, 0.3) is 5.91 Å². The molecule has 11 heteroatoms. The van der Waals surface area contributed by atoms with Crippen LogP contribution in [0.1, 0.15) is 49.9 Å². The Labute approximate surface area is 183 Å². The summed E-state index contributed by atoms with van der Waals surface area (Å²) in [6.45, 7) is 7.05. The molecule has 174 valence electrons. The summed E-state index contributed by atoms with van der Waals surface area (Å²) in [5.74, 6) is -1.69. The Morgan fingerprint density at radius 3 is 2.31 bits per heavy atom. The smallest absolute Gasteiger partial charge is 0.444 e. The highest BCUT2D eigenvalue weighted by molar-refractivity contribution is 5.94. The average Bonchev–Trinajstić information content (AvgIpc) is 3.22. The molecule has 2 amide bonds. The molecule has 1 aliphatic heterocycles. The van der Waals surface area contributed by atoms with Crippen LogP contribution in [0.2, 0.25) is 0 Å². The number of alkyl halides is 3. The number of piperidine rings is 1. The maximum absolute atomic E-state index is 12.6. The van der Waals surface area contributed by atoms with Crippen LogP contribution < -0.4 is 5.32 Å². The normalized spacial score (nSPS) is 15.5. The predicted molar refractivity (Wildman–Crippen MR) is 108 cm³/mol. The minimum atomic E-state index is -4.71. The molecule has 0 atom stereocenters. The van der Waals surface area contributed by atoms with Crippen molar-refractivity contribution in [2.75, 3.05) is 19.6 Å². The van der Waals surface area contributed by atoms with E-state index in [0.717, 1.165) is 12.8 Å². The van der Waals surface area contributed by atoms with Crippen molar-refractivity contribution < 1.29 is 32.0 Å². The van der Waals surface area contributed by atoms with Crippen LogP contribution in [0.5, 0.6) is 0 Å². The summed E-state index contributed by atoms with van der Waals surface area (Å²) < 4.78 is 47.3. The summed E-state index contributed by atoms with van der Waals surface area (Å²) in [7, 11) is 0. The fourth-order valence-corrected chi connectivity index (χ4v) is 3.21. The van der Waals surface area contributed by atoms with Gasteiger partial charge in [-0.3, -0.25) is 4.79 Å². The van der Waals surface area contributed by atoms with Gasteiger partial charge >= 0.3 is 18.2 Å². The van der Waals surface area contributed by atoms with Gasteiger partial charge in [-0.25, -0.2) is 4.79 Å². The number of carbonyl (C=O) groups is 2. The van der Waals surface area contributed by atoms with Gasteiger partial charge in [-0.15, -0.1) is 0 Å². The predicted octanol–water partition coefficient (Wildman–Crippen LogP) is 4.13. The fourth-order valence-electron chi connectivity index (χ4n) is 3.21. The van der Waals surface area contributed by atoms with Crippen molar-refractivity contribution in [2.24, 2.45) is 5.92 Å². The number of hydrogen-bond acceptors (Lipinski definition) is 6. The first-order valence-corrected chi connectivity index (χ1v) is 10.2. The molecule has 8 nitrogen and oxygen atoms in total. The number of amides is 2. The van der Waals surface area contributed by atoms with Crippen LogP contribution in [0.3, 0.4) is 0 Å². The second-order valence-corrected chi connectivity index (χ2v) is 8.62. The molecule has 1 aliphatic rings. The van der Waals surface area contributed by atoms with E-state index in [9.17, 15) is 22.8 Å². The molecule has 0 spiro atoms. The van der Waals surface area contributed by atoms with Crippen molar-refractivity contribution in [3.05, 3.63) is 35.7 Å². The molecule has 0 bridgehead atoms. The van der Waals surface area contributed by atoms with E-state index >= 15 is 0 Å². The zero-order valence-corrected chi connectivity index (χ0v) is 18.0. The second kappa shape index (κ2) is 9.17. The number of nitrogens with one attached hydrogen (secondary N) is 1. The van der Waals surface area contributed by atoms with E-state index < -0.39 is 17.7 Å². The molecule has 1 aromatic carbocycles. The van der Waals surface area contributed by atoms with E-state index in [1.165, 1.54) is 24.3 Å². The summed E-state index contributed by atoms with van der Waals surface area (Å²) in [6.07, 6.45) is -3.55. The van der Waals surface area contributed by atoms with Gasteiger partial charge in [0.1, 0.15) is 5.60 Å². The number of likely N-dealkylation sites (tertiary alicyclic amines) is 1. The van der Waals surface area contributed by atoms with Crippen molar-refractivity contribution in [2.45, 2.75) is 45.4 Å². The Morgan fingerprint density at radius 2 is 1.78 bits per heavy atom. The first-order valence-electron chi connectivity index (χ1n) is 10.2. The maximum Gasteiger partial charge on any atom is 0.471 e. The van der Waals surface area contributed by atoms with Crippen LogP contribution in [0.4, 0.5) is 18.0 Å². The van der Waals surface area contributed by atoms with Gasteiger partial charge in [-0.05, 0) is 51.7 Å². The van der Waals surface area contributed by atoms with Crippen LogP contribution in [0, 0.1) is 5.92 Å². The maximum atomic E-state index is 12.6. The van der Waals surface area contributed by atoms with Crippen LogP contribution in [-0.2, 0) is 10.9 Å². The number of carbonyl (C=O) groups excluding carboxylic acids is 2. The van der Waals surface area contributed by atoms with Crippen molar-refractivity contribution in [3.63, 3.8) is 0 Å². The molecule has 1 aromatic heterocycles. The number of halogens is 3. The average molecular weight is 454 g/mol. The third kappa shape index (κ3) is 6.21. The van der Waals surface area contributed by atoms with Gasteiger partial charge in [0, 0.05) is 30.8 Å². The lowest BCUT2D eigenvalue weighted by Crippen LogP contribution is -2.43. The number of nitrogens with zero attached hydrogens (tertiary/aromatic N) is 3. The third-order valence-electron chi connectivity index (χ3n) is 4.89. The third-order valence-corrected chi connectivity index (χ3v) is 4.89. The molecule has 2 heterocycles. The monoisotopic (exact) mass is 454 g/mol. The summed E-state index contributed by atoms with van der Waals surface area (Å²) in [4.78, 5) is 29.5. The largest absolute Gasteiger partial charge is 0.471 e. The molecule has 2 aromatic rings. The van der Waals surface area contributed by atoms with Crippen LogP contribution in [0.15, 0.2) is 28.8 Å². The molecular formula is C21H25F3N4O4. The first-order chi connectivity index (χ1) is 14.9. The van der Waals surface area contributed by atoms with Gasteiger partial charge in [-0.1, -0.05) is 17.3 Å². The molecule has 1 saturated heterocycles. The topological polar surface area (TPSA) is 97.6 Å². The highest BCUT2D eigenvalue weighted by atomic mass is 19.4. The molecule has 1 N–H and O–H groups in total. The molecule has 0 unspecified atom stereocenters. The minimum Gasteiger partial charge on any atom is -0.444 e. The van der Waals surface area contributed by atoms with E-state index in [1.807, 2.05) is 20.8 Å². The zero-order chi connectivity index (χ0) is 23.5. The SMILES string of the molecule is CC(C)(C)OC(=O)N1CCC(CNC(=O)c2ccc(-c3noc(C(F)(F)F)n3)cc2)CC1. The Morgan fingerprint density at radius 1 is 1.16 bits per heavy atom. The van der Waals surface area contributed by atoms with Crippen LogP contribution >= 0.6 is 0 Å². The Hall–Kier alpha value is -3.11. The van der Waals surface area contributed by atoms with Crippen LogP contribution in [-0.4, -0.2) is 52.3 Å². The number of rotatable bonds is 4. The van der Waals surface area contributed by atoms with Gasteiger partial charge in [0.15, 0.2) is 0 Å². The number of aromatic nitrogens is 2. The molecule has 1 fully saturated rings. The lowest BCUT2D eigenvalue weighted by molar-refractivity contribution is -0.159. The molecule has 32 heavy (non-hydrogen) atoms. The quantitative estimate of drug-likeness (QED) is 0.746. The highest BCUT2D eigenvalue weighted by Gasteiger charge is 2.38. The van der Waals surface area contributed by atoms with E-state index in [0.29, 0.717) is 30.8 Å². The van der Waals surface area contributed by atoms with Crippen molar-refractivity contribution >= 4 is 12.0 Å². The Kier molecular flexibility index (Phi) is 6.75. The van der Waals surface area contributed by atoms with Crippen molar-refractivity contribution in [1.82, 2.24) is 20.4 Å². The lowest BCUT2D eigenvalue weighted by atomic mass is 9.97. The minimum absolute atomic E-state index is 0.207. The van der Waals surface area contributed by atoms with E-state index in [2.05, 4.69) is 20.0 Å². The summed E-state index contributed by atoms with van der Waals surface area (Å²) in [5.41, 5.74) is 0.122. The highest BCUT2D eigenvalue weighted by Crippen LogP contribution is 2.29. The molecular weight excluding hydrogens is 429 g/mol. The lowest BCUT2D eigenvalue weighted by Gasteiger charge is -2.33. The summed E-state index contributed by atoms with van der Waals surface area (Å²) in [5, 5.41) is 6.18. The van der Waals surface area contributed by atoms with Crippen molar-refractivity contribution in [1.29, 1.82) is 0 Å². The molecule has 0 saturated carbocycles. The second-order valence-electron chi connectivity index (χ2n) is 8.62. The fraction of sp³-hybridized carbons (Fsp3) is 0.524. The Balaban J connectivity index is 1.48. The Bertz CT molecular complexity index is 943. The van der Waals surface area contributed by atoms with E-state index in [-0.39, 0.29) is 23.7 Å². The van der Waals surface area contributed by atoms with Gasteiger partial charge in [0.05, 0.1) is 0 Å².